The number of aliphatic carboxylic acids is 1. The number of hydrogen-bond donors (Lipinski definition) is 4. The molecule has 206 valence electrons. The van der Waals surface area contributed by atoms with Crippen LogP contribution in [0.2, 0.25) is 0 Å². The van der Waals surface area contributed by atoms with Crippen molar-refractivity contribution in [3.8, 4) is 11.3 Å². The number of carboxylic acids is 1. The van der Waals surface area contributed by atoms with Gasteiger partial charge in [-0.1, -0.05) is 6.07 Å². The molecule has 0 aliphatic heterocycles. The highest BCUT2D eigenvalue weighted by molar-refractivity contribution is 6.02. The summed E-state index contributed by atoms with van der Waals surface area (Å²) in [5, 5.41) is 17.1. The normalized spacial score (nSPS) is 13.0. The number of anilines is 3. The Hall–Kier alpha value is -4.94. The molecule has 5 N–H and O–H groups in total. The topological polar surface area (TPSA) is 152 Å². The second-order valence-corrected chi connectivity index (χ2v) is 9.52. The summed E-state index contributed by atoms with van der Waals surface area (Å²) in [5.41, 5.74) is 12.6. The van der Waals surface area contributed by atoms with E-state index in [1.165, 1.54) is 0 Å². The van der Waals surface area contributed by atoms with Crippen LogP contribution in [-0.4, -0.2) is 47.8 Å². The van der Waals surface area contributed by atoms with Crippen molar-refractivity contribution in [2.75, 3.05) is 11.1 Å². The molecule has 0 fully saturated rings. The molecule has 3 aromatic heterocycles. The Bertz CT molecular complexity index is 1770. The number of ketones is 1. The van der Waals surface area contributed by atoms with Gasteiger partial charge in [0, 0.05) is 46.4 Å². The summed E-state index contributed by atoms with van der Waals surface area (Å²) in [4.78, 5) is 33.4. The number of carboxylic acid groups (broad SMARTS) is 1. The van der Waals surface area contributed by atoms with Crippen LogP contribution in [0.5, 0.6) is 0 Å². The number of carbonyl (C=O) groups is 2. The number of nitrogens with one attached hydrogen (secondary N) is 2. The van der Waals surface area contributed by atoms with E-state index in [1.54, 1.807) is 0 Å². The van der Waals surface area contributed by atoms with Gasteiger partial charge in [-0.05, 0) is 62.2 Å². The number of aromatic nitrogens is 5. The van der Waals surface area contributed by atoms with Crippen LogP contribution >= 0.6 is 0 Å². The second kappa shape index (κ2) is 9.98. The Morgan fingerprint density at radius 2 is 1.88 bits per heavy atom. The molecule has 0 saturated heterocycles. The maximum absolute atomic E-state index is 11.9. The van der Waals surface area contributed by atoms with Gasteiger partial charge in [-0.3, -0.25) is 4.79 Å². The third-order valence-corrected chi connectivity index (χ3v) is 6.42. The molecule has 0 unspecified atom stereocenters. The lowest BCUT2D eigenvalue weighted by Crippen LogP contribution is -2.21. The smallest absolute Gasteiger partial charge is 0.475 e. The summed E-state index contributed by atoms with van der Waals surface area (Å²) in [7, 11) is 0. The van der Waals surface area contributed by atoms with Crippen LogP contribution in [-0.2, 0) is 11.2 Å². The maximum atomic E-state index is 11.9. The van der Waals surface area contributed by atoms with Crippen LogP contribution in [0.4, 0.5) is 30.6 Å². The molecule has 0 spiro atoms. The van der Waals surface area contributed by atoms with E-state index in [2.05, 4.69) is 35.2 Å². The van der Waals surface area contributed by atoms with Gasteiger partial charge in [-0.2, -0.15) is 28.2 Å². The summed E-state index contributed by atoms with van der Waals surface area (Å²) >= 11 is 0. The molecule has 10 nitrogen and oxygen atoms in total. The van der Waals surface area contributed by atoms with Gasteiger partial charge in [0.15, 0.2) is 11.4 Å². The summed E-state index contributed by atoms with van der Waals surface area (Å²) in [6.45, 7) is 4.13. The number of nitrogen functional groups attached to an aromatic ring is 1. The highest BCUT2D eigenvalue weighted by Gasteiger charge is 2.38. The molecule has 3 heterocycles. The summed E-state index contributed by atoms with van der Waals surface area (Å²) in [6, 6.07) is 14.0. The van der Waals surface area contributed by atoms with Gasteiger partial charge < -0.3 is 21.1 Å². The fourth-order valence-electron chi connectivity index (χ4n) is 4.54. The minimum atomic E-state index is -5.08. The monoisotopic (exact) mass is 551 g/mol. The molecule has 5 aromatic rings. The van der Waals surface area contributed by atoms with Crippen molar-refractivity contribution in [3.05, 3.63) is 59.8 Å². The first kappa shape index (κ1) is 26.7. The predicted octanol–water partition coefficient (Wildman–Crippen LogP) is 5.64. The lowest BCUT2D eigenvalue weighted by Gasteiger charge is -2.10. The fourth-order valence-corrected chi connectivity index (χ4v) is 4.54. The number of Topliss-reactive ketones (excluding diaryl/α,β-unsaturated/α-hetero) is 1. The highest BCUT2D eigenvalue weighted by Crippen LogP contribution is 2.35. The molecule has 0 amide bonds. The van der Waals surface area contributed by atoms with Crippen LogP contribution in [0.1, 0.15) is 42.2 Å². The van der Waals surface area contributed by atoms with Crippen molar-refractivity contribution in [2.24, 2.45) is 0 Å². The van der Waals surface area contributed by atoms with Crippen molar-refractivity contribution < 1.29 is 27.9 Å². The Labute approximate surface area is 225 Å². The van der Waals surface area contributed by atoms with E-state index in [1.807, 2.05) is 47.3 Å². The van der Waals surface area contributed by atoms with Gasteiger partial charge >= 0.3 is 12.1 Å². The van der Waals surface area contributed by atoms with Crippen molar-refractivity contribution >= 4 is 51.1 Å². The van der Waals surface area contributed by atoms with Crippen LogP contribution in [0, 0.1) is 0 Å². The molecular formula is C27H24F3N7O3. The van der Waals surface area contributed by atoms with Crippen molar-refractivity contribution in [2.45, 2.75) is 38.9 Å². The Kier molecular flexibility index (Phi) is 6.65. The van der Waals surface area contributed by atoms with Crippen LogP contribution in [0.15, 0.2) is 48.7 Å². The minimum Gasteiger partial charge on any atom is -0.475 e. The van der Waals surface area contributed by atoms with E-state index >= 15 is 0 Å². The van der Waals surface area contributed by atoms with Gasteiger partial charge in [-0.15, -0.1) is 0 Å². The van der Waals surface area contributed by atoms with Crippen LogP contribution in [0.25, 0.3) is 33.2 Å². The summed E-state index contributed by atoms with van der Waals surface area (Å²) in [5.74, 6) is -1.79. The first-order valence-electron chi connectivity index (χ1n) is 12.3. The number of benzene rings is 2. The van der Waals surface area contributed by atoms with Gasteiger partial charge in [0.25, 0.3) is 0 Å². The number of rotatable bonds is 4. The molecule has 0 radical (unpaired) electrons. The zero-order valence-corrected chi connectivity index (χ0v) is 21.4. The molecule has 1 aliphatic rings. The second-order valence-electron chi connectivity index (χ2n) is 9.52. The van der Waals surface area contributed by atoms with E-state index in [-0.39, 0.29) is 11.8 Å². The number of aromatic amines is 1. The Morgan fingerprint density at radius 3 is 2.58 bits per heavy atom. The fraction of sp³-hybridized carbons (Fsp3) is 0.222. The average molecular weight is 552 g/mol. The standard InChI is InChI=1S/C25H23N7O.C2HF3O2/c1-13(2)32-24-21(22(31-32)16-3-7-19-15(11-16)9-10-27-19)23(26)29-25(30-24)28-17-5-6-18-14(12-17)4-8-20(18)33;3-2(4,5)1(6)7/h3,5-7,9-13,27H,4,8H2,1-2H3,(H3,26,28,29,30);(H,6,7). The molecule has 13 heteroatoms. The maximum Gasteiger partial charge on any atom is 0.490 e. The molecule has 0 saturated carbocycles. The van der Waals surface area contributed by atoms with Crippen LogP contribution in [0.3, 0.4) is 0 Å². The SMILES string of the molecule is CC(C)n1nc(-c2ccc3[nH]ccc3c2)c2c(N)nc(Nc3ccc4c(c3)CCC4=O)nc21.O=C(O)C(F)(F)F. The Morgan fingerprint density at radius 1 is 1.12 bits per heavy atom. The molecular weight excluding hydrogens is 527 g/mol. The van der Waals surface area contributed by atoms with E-state index in [4.69, 9.17) is 25.7 Å². The number of hydrogen-bond acceptors (Lipinski definition) is 7. The zero-order chi connectivity index (χ0) is 28.8. The van der Waals surface area contributed by atoms with E-state index < -0.39 is 12.1 Å². The molecule has 6 rings (SSSR count). The highest BCUT2D eigenvalue weighted by atomic mass is 19.4. The quantitative estimate of drug-likeness (QED) is 0.224. The van der Waals surface area contributed by atoms with Gasteiger partial charge in [0.2, 0.25) is 5.95 Å². The minimum absolute atomic E-state index is 0.0883. The molecule has 40 heavy (non-hydrogen) atoms. The number of H-pyrrole nitrogens is 1. The first-order valence-corrected chi connectivity index (χ1v) is 12.3. The third kappa shape index (κ3) is 5.05. The van der Waals surface area contributed by atoms with Crippen molar-refractivity contribution in [3.63, 3.8) is 0 Å². The van der Waals surface area contributed by atoms with Crippen molar-refractivity contribution in [1.29, 1.82) is 0 Å². The summed E-state index contributed by atoms with van der Waals surface area (Å²) in [6.07, 6.45) is -1.83. The molecule has 0 bridgehead atoms. The molecule has 1 aliphatic carbocycles. The van der Waals surface area contributed by atoms with Crippen LogP contribution < -0.4 is 11.1 Å². The number of aryl methyl sites for hydroxylation is 1. The van der Waals surface area contributed by atoms with Gasteiger partial charge in [-0.25, -0.2) is 9.48 Å². The average Bonchev–Trinajstić information content (AvgIpc) is 3.60. The number of nitrogens with zero attached hydrogens (tertiary/aromatic N) is 4. The number of halogens is 3. The van der Waals surface area contributed by atoms with Crippen molar-refractivity contribution in [1.82, 2.24) is 24.7 Å². The predicted molar refractivity (Wildman–Crippen MR) is 143 cm³/mol. The molecule has 0 atom stereocenters. The van der Waals surface area contributed by atoms with Gasteiger partial charge in [0.05, 0.1) is 5.39 Å². The van der Waals surface area contributed by atoms with E-state index in [9.17, 15) is 18.0 Å². The molecule has 2 aromatic carbocycles. The summed E-state index contributed by atoms with van der Waals surface area (Å²) < 4.78 is 33.6. The zero-order valence-electron chi connectivity index (χ0n) is 21.4. The lowest BCUT2D eigenvalue weighted by molar-refractivity contribution is -0.192. The van der Waals surface area contributed by atoms with E-state index in [0.29, 0.717) is 23.8 Å². The number of nitrogens with two attached hydrogens (primary N) is 1. The lowest BCUT2D eigenvalue weighted by atomic mass is 10.1. The van der Waals surface area contributed by atoms with E-state index in [0.717, 1.165) is 50.8 Å². The third-order valence-electron chi connectivity index (χ3n) is 6.42. The number of alkyl halides is 3. The number of carbonyl (C=O) groups excluding carboxylic acids is 1. The largest absolute Gasteiger partial charge is 0.490 e. The number of fused-ring (bicyclic) bond motifs is 3. The van der Waals surface area contributed by atoms with Gasteiger partial charge in [0.1, 0.15) is 11.5 Å². The Balaban J connectivity index is 0.000000411. The first-order chi connectivity index (χ1) is 18.9.